The number of aliphatic hydroxyl groups is 1. The van der Waals surface area contributed by atoms with E-state index in [-0.39, 0.29) is 12.2 Å². The summed E-state index contributed by atoms with van der Waals surface area (Å²) in [6.07, 6.45) is 0.490. The number of nitrogens with zero attached hydrogens (tertiary/aromatic N) is 3. The Bertz CT molecular complexity index is 1470. The lowest BCUT2D eigenvalue weighted by molar-refractivity contribution is -0.137. The van der Waals surface area contributed by atoms with Crippen LogP contribution in [-0.2, 0) is 16.6 Å². The van der Waals surface area contributed by atoms with Gasteiger partial charge in [-0.2, -0.15) is 18.3 Å². The maximum absolute atomic E-state index is 13.5. The molecule has 1 amide bonds. The number of carbonyl (C=O) groups is 1. The summed E-state index contributed by atoms with van der Waals surface area (Å²) in [6.45, 7) is 0.608. The second-order valence-corrected chi connectivity index (χ2v) is 12.1. The van der Waals surface area contributed by atoms with Gasteiger partial charge in [0.1, 0.15) is 0 Å². The Hall–Kier alpha value is -3.32. The van der Waals surface area contributed by atoms with Gasteiger partial charge in [-0.25, -0.2) is 8.42 Å². The fraction of sp³-hybridized carbons (Fsp3) is 0.462. The number of nitrogens with one attached hydrogen (secondary N) is 2. The van der Waals surface area contributed by atoms with Crippen molar-refractivity contribution < 1.29 is 31.5 Å². The van der Waals surface area contributed by atoms with Crippen LogP contribution in [0.4, 0.5) is 30.2 Å². The zero-order valence-electron chi connectivity index (χ0n) is 21.2. The SMILES string of the molecule is O=C(Nc1cccc2c1cnn2CCC(F)(F)F)c1ccc(NS(=O)(=O)CCO)cc1N1CCC2(CC1)CC2. The van der Waals surface area contributed by atoms with E-state index >= 15 is 0 Å². The summed E-state index contributed by atoms with van der Waals surface area (Å²) in [7, 11) is -3.76. The van der Waals surface area contributed by atoms with Gasteiger partial charge in [0.2, 0.25) is 10.0 Å². The van der Waals surface area contributed by atoms with Crippen LogP contribution in [0.15, 0.2) is 42.6 Å². The van der Waals surface area contributed by atoms with Gasteiger partial charge in [0.05, 0.1) is 59.7 Å². The first kappa shape index (κ1) is 27.3. The van der Waals surface area contributed by atoms with E-state index in [1.807, 2.05) is 0 Å². The number of sulfonamides is 1. The van der Waals surface area contributed by atoms with Gasteiger partial charge in [-0.3, -0.25) is 14.2 Å². The topological polar surface area (TPSA) is 117 Å². The Labute approximate surface area is 224 Å². The fourth-order valence-electron chi connectivity index (χ4n) is 5.11. The van der Waals surface area contributed by atoms with Crippen molar-refractivity contribution in [2.45, 2.75) is 44.8 Å². The second-order valence-electron chi connectivity index (χ2n) is 10.3. The lowest BCUT2D eigenvalue weighted by atomic mass is 9.93. The number of halogens is 3. The third-order valence-electron chi connectivity index (χ3n) is 7.54. The Kier molecular flexibility index (Phi) is 7.23. The zero-order chi connectivity index (χ0) is 27.8. The van der Waals surface area contributed by atoms with E-state index in [1.54, 1.807) is 30.3 Å². The molecular formula is C26H30F3N5O4S. The number of fused-ring (bicyclic) bond motifs is 1. The van der Waals surface area contributed by atoms with Gasteiger partial charge in [-0.1, -0.05) is 6.07 Å². The van der Waals surface area contributed by atoms with Crippen molar-refractivity contribution in [3.63, 3.8) is 0 Å². The molecule has 1 spiro atoms. The molecule has 3 N–H and O–H groups in total. The number of aromatic nitrogens is 2. The molecule has 2 aromatic carbocycles. The first-order valence-electron chi connectivity index (χ1n) is 12.8. The van der Waals surface area contributed by atoms with Crippen LogP contribution in [0.3, 0.4) is 0 Å². The molecule has 2 fully saturated rings. The summed E-state index contributed by atoms with van der Waals surface area (Å²) in [6, 6.07) is 9.62. The molecule has 1 saturated carbocycles. The molecule has 0 bridgehead atoms. The summed E-state index contributed by atoms with van der Waals surface area (Å²) in [5, 5.41) is 16.5. The van der Waals surface area contributed by atoms with Crippen LogP contribution < -0.4 is 14.9 Å². The summed E-state index contributed by atoms with van der Waals surface area (Å²) >= 11 is 0. The van der Waals surface area contributed by atoms with Gasteiger partial charge < -0.3 is 15.3 Å². The highest BCUT2D eigenvalue weighted by Gasteiger charge is 2.44. The first-order chi connectivity index (χ1) is 18.5. The molecule has 1 aliphatic heterocycles. The Morgan fingerprint density at radius 3 is 2.51 bits per heavy atom. The van der Waals surface area contributed by atoms with Gasteiger partial charge in [-0.05, 0) is 61.4 Å². The third-order valence-corrected chi connectivity index (χ3v) is 8.81. The number of aryl methyl sites for hydroxylation is 1. The summed E-state index contributed by atoms with van der Waals surface area (Å²) in [5.74, 6) is -0.880. The lowest BCUT2D eigenvalue weighted by Crippen LogP contribution is -2.35. The number of benzene rings is 2. The normalized spacial score (nSPS) is 17.0. The van der Waals surface area contributed by atoms with Crippen molar-refractivity contribution in [1.82, 2.24) is 9.78 Å². The third kappa shape index (κ3) is 6.30. The number of aliphatic hydroxyl groups excluding tert-OH is 1. The average molecular weight is 566 g/mol. The number of alkyl halides is 3. The van der Waals surface area contributed by atoms with Crippen molar-refractivity contribution in [3.05, 3.63) is 48.2 Å². The fourth-order valence-corrected chi connectivity index (χ4v) is 5.94. The first-order valence-corrected chi connectivity index (χ1v) is 14.5. The van der Waals surface area contributed by atoms with Crippen LogP contribution in [0.1, 0.15) is 42.5 Å². The van der Waals surface area contributed by atoms with Crippen LogP contribution in [0.25, 0.3) is 10.9 Å². The monoisotopic (exact) mass is 565 g/mol. The number of hydrogen-bond donors (Lipinski definition) is 3. The molecule has 39 heavy (non-hydrogen) atoms. The van der Waals surface area contributed by atoms with Crippen molar-refractivity contribution in [2.24, 2.45) is 5.41 Å². The van der Waals surface area contributed by atoms with Gasteiger partial charge >= 0.3 is 6.18 Å². The highest BCUT2D eigenvalue weighted by molar-refractivity contribution is 7.92. The van der Waals surface area contributed by atoms with Crippen molar-refractivity contribution >= 4 is 43.9 Å². The van der Waals surface area contributed by atoms with Gasteiger partial charge in [0, 0.05) is 18.5 Å². The predicted octanol–water partition coefficient (Wildman–Crippen LogP) is 4.36. The molecule has 1 aromatic heterocycles. The van der Waals surface area contributed by atoms with E-state index in [1.165, 1.54) is 29.8 Å². The molecule has 3 aromatic rings. The molecule has 5 rings (SSSR count). The minimum Gasteiger partial charge on any atom is -0.395 e. The van der Waals surface area contributed by atoms with E-state index in [0.29, 0.717) is 33.3 Å². The average Bonchev–Trinajstić information content (AvgIpc) is 3.48. The zero-order valence-corrected chi connectivity index (χ0v) is 22.0. The molecular weight excluding hydrogens is 535 g/mol. The van der Waals surface area contributed by atoms with Gasteiger partial charge in [0.25, 0.3) is 5.91 Å². The quantitative estimate of drug-likeness (QED) is 0.355. The second kappa shape index (κ2) is 10.3. The molecule has 1 saturated heterocycles. The Morgan fingerprint density at radius 2 is 1.85 bits per heavy atom. The van der Waals surface area contributed by atoms with Crippen LogP contribution in [0, 0.1) is 5.41 Å². The van der Waals surface area contributed by atoms with E-state index in [2.05, 4.69) is 20.0 Å². The number of amides is 1. The summed E-state index contributed by atoms with van der Waals surface area (Å²) in [5.41, 5.74) is 2.48. The maximum Gasteiger partial charge on any atom is 0.390 e. The summed E-state index contributed by atoms with van der Waals surface area (Å²) < 4.78 is 66.4. The lowest BCUT2D eigenvalue weighted by Gasteiger charge is -2.35. The minimum atomic E-state index is -4.31. The molecule has 0 radical (unpaired) electrons. The highest BCUT2D eigenvalue weighted by atomic mass is 32.2. The van der Waals surface area contributed by atoms with Crippen LogP contribution in [-0.4, -0.2) is 60.8 Å². The number of rotatable bonds is 9. The minimum absolute atomic E-state index is 0.287. The Balaban J connectivity index is 1.42. The predicted molar refractivity (Wildman–Crippen MR) is 142 cm³/mol. The molecule has 0 unspecified atom stereocenters. The van der Waals surface area contributed by atoms with Crippen LogP contribution in [0.5, 0.6) is 0 Å². The van der Waals surface area contributed by atoms with E-state index in [4.69, 9.17) is 5.11 Å². The molecule has 9 nitrogen and oxygen atoms in total. The van der Waals surface area contributed by atoms with E-state index in [9.17, 15) is 26.4 Å². The number of anilines is 3. The smallest absolute Gasteiger partial charge is 0.390 e. The number of hydrogen-bond acceptors (Lipinski definition) is 6. The van der Waals surface area contributed by atoms with E-state index in [0.717, 1.165) is 25.9 Å². The number of piperidine rings is 1. The molecule has 0 atom stereocenters. The van der Waals surface area contributed by atoms with Crippen molar-refractivity contribution in [3.8, 4) is 0 Å². The standard InChI is InChI=1S/C26H30F3N5O4S/c27-26(28,29)10-13-34-22-3-1-2-21(20(22)17-30-34)31-24(36)19-5-4-18(32-39(37,38)15-14-35)16-23(19)33-11-8-25(6-7-25)9-12-33/h1-5,16-17,32,35H,6-15H2,(H,31,36). The Morgan fingerprint density at radius 1 is 1.10 bits per heavy atom. The van der Waals surface area contributed by atoms with Crippen LogP contribution in [0.2, 0.25) is 0 Å². The molecule has 2 heterocycles. The van der Waals surface area contributed by atoms with Crippen molar-refractivity contribution in [2.75, 3.05) is 40.4 Å². The largest absolute Gasteiger partial charge is 0.395 e. The maximum atomic E-state index is 13.5. The highest BCUT2D eigenvalue weighted by Crippen LogP contribution is 2.54. The van der Waals surface area contributed by atoms with Crippen LogP contribution >= 0.6 is 0 Å². The molecule has 210 valence electrons. The molecule has 1 aliphatic carbocycles. The number of carbonyl (C=O) groups excluding carboxylic acids is 1. The molecule has 13 heteroatoms. The van der Waals surface area contributed by atoms with Crippen molar-refractivity contribution in [1.29, 1.82) is 0 Å². The summed E-state index contributed by atoms with van der Waals surface area (Å²) in [4.78, 5) is 15.6. The van der Waals surface area contributed by atoms with E-state index < -0.39 is 40.9 Å². The van der Waals surface area contributed by atoms with Gasteiger partial charge in [0.15, 0.2) is 0 Å². The molecule has 2 aliphatic rings. The van der Waals surface area contributed by atoms with Gasteiger partial charge in [-0.15, -0.1) is 0 Å².